The number of rotatable bonds is 1. The number of amides is 2. The number of urea groups is 1. The van der Waals surface area contributed by atoms with E-state index in [4.69, 9.17) is 0 Å². The summed E-state index contributed by atoms with van der Waals surface area (Å²) in [4.78, 5) is 13.1. The monoisotopic (exact) mass is 208 g/mol. The molecule has 0 unspecified atom stereocenters. The molecule has 0 aliphatic carbocycles. The maximum atomic E-state index is 13.1. The first-order valence-corrected chi connectivity index (χ1v) is 5.00. The lowest BCUT2D eigenvalue weighted by molar-refractivity contribution is 0.243. The van der Waals surface area contributed by atoms with E-state index in [0.717, 1.165) is 12.0 Å². The molecule has 1 aromatic rings. The van der Waals surface area contributed by atoms with Gasteiger partial charge in [-0.15, -0.1) is 0 Å². The van der Waals surface area contributed by atoms with Crippen LogP contribution >= 0.6 is 0 Å². The molecule has 1 saturated heterocycles. The highest BCUT2D eigenvalue weighted by molar-refractivity contribution is 5.93. The van der Waals surface area contributed by atoms with Gasteiger partial charge in [-0.3, -0.25) is 4.90 Å². The molecule has 0 spiro atoms. The maximum absolute atomic E-state index is 13.1. The van der Waals surface area contributed by atoms with Crippen LogP contribution in [0.25, 0.3) is 0 Å². The molecule has 1 fully saturated rings. The summed E-state index contributed by atoms with van der Waals surface area (Å²) in [6.07, 6.45) is 0.891. The van der Waals surface area contributed by atoms with Crippen LogP contribution in [-0.2, 0) is 0 Å². The lowest BCUT2D eigenvalue weighted by atomic mass is 10.1. The van der Waals surface area contributed by atoms with E-state index in [1.807, 2.05) is 6.92 Å². The number of halogens is 1. The van der Waals surface area contributed by atoms with E-state index < -0.39 is 0 Å². The minimum Gasteiger partial charge on any atom is -0.338 e. The van der Waals surface area contributed by atoms with Crippen molar-refractivity contribution >= 4 is 11.7 Å². The molecule has 0 saturated carbocycles. The Bertz CT molecular complexity index is 392. The van der Waals surface area contributed by atoms with Crippen LogP contribution in [0.15, 0.2) is 18.2 Å². The van der Waals surface area contributed by atoms with Crippen molar-refractivity contribution < 1.29 is 9.18 Å². The number of hydrogen-bond donors (Lipinski definition) is 1. The van der Waals surface area contributed by atoms with Crippen LogP contribution in [-0.4, -0.2) is 19.1 Å². The molecular formula is C11H13FN2O. The highest BCUT2D eigenvalue weighted by Crippen LogP contribution is 2.22. The van der Waals surface area contributed by atoms with Gasteiger partial charge in [0.15, 0.2) is 0 Å². The van der Waals surface area contributed by atoms with Crippen molar-refractivity contribution in [1.82, 2.24) is 5.32 Å². The Morgan fingerprint density at radius 2 is 2.27 bits per heavy atom. The zero-order chi connectivity index (χ0) is 10.8. The van der Waals surface area contributed by atoms with Crippen molar-refractivity contribution in [3.05, 3.63) is 29.6 Å². The standard InChI is InChI=1S/C11H13FN2O/c1-8-3-4-9(12)7-10(8)14-6-2-5-13-11(14)15/h3-4,7H,2,5-6H2,1H3,(H,13,15). The minimum absolute atomic E-state index is 0.144. The molecule has 4 heteroatoms. The molecule has 15 heavy (non-hydrogen) atoms. The Labute approximate surface area is 87.9 Å². The summed E-state index contributed by atoms with van der Waals surface area (Å²) in [5.41, 5.74) is 1.57. The molecule has 1 aliphatic heterocycles. The van der Waals surface area contributed by atoms with E-state index >= 15 is 0 Å². The molecule has 1 N–H and O–H groups in total. The van der Waals surface area contributed by atoms with Crippen LogP contribution in [0.2, 0.25) is 0 Å². The van der Waals surface area contributed by atoms with Crippen molar-refractivity contribution in [2.75, 3.05) is 18.0 Å². The summed E-state index contributed by atoms with van der Waals surface area (Å²) in [5, 5.41) is 2.74. The van der Waals surface area contributed by atoms with Gasteiger partial charge >= 0.3 is 6.03 Å². The van der Waals surface area contributed by atoms with Gasteiger partial charge in [-0.05, 0) is 31.0 Å². The van der Waals surface area contributed by atoms with Crippen molar-refractivity contribution in [2.45, 2.75) is 13.3 Å². The fourth-order valence-corrected chi connectivity index (χ4v) is 1.73. The lowest BCUT2D eigenvalue weighted by Crippen LogP contribution is -2.46. The average Bonchev–Trinajstić information content (AvgIpc) is 2.23. The number of carbonyl (C=O) groups excluding carboxylic acids is 1. The molecule has 1 aliphatic rings. The number of aryl methyl sites for hydroxylation is 1. The van der Waals surface area contributed by atoms with E-state index in [1.165, 1.54) is 12.1 Å². The third-order valence-corrected chi connectivity index (χ3v) is 2.54. The maximum Gasteiger partial charge on any atom is 0.321 e. The highest BCUT2D eigenvalue weighted by atomic mass is 19.1. The van der Waals surface area contributed by atoms with E-state index in [0.29, 0.717) is 18.8 Å². The van der Waals surface area contributed by atoms with E-state index in [1.54, 1.807) is 11.0 Å². The quantitative estimate of drug-likeness (QED) is 0.752. The number of hydrogen-bond acceptors (Lipinski definition) is 1. The first-order chi connectivity index (χ1) is 7.18. The molecule has 0 radical (unpaired) electrons. The van der Waals surface area contributed by atoms with E-state index in [2.05, 4.69) is 5.32 Å². The van der Waals surface area contributed by atoms with Gasteiger partial charge in [0.2, 0.25) is 0 Å². The van der Waals surface area contributed by atoms with Gasteiger partial charge < -0.3 is 5.32 Å². The number of anilines is 1. The van der Waals surface area contributed by atoms with Crippen LogP contribution < -0.4 is 10.2 Å². The Balaban J connectivity index is 2.34. The van der Waals surface area contributed by atoms with Gasteiger partial charge in [-0.25, -0.2) is 9.18 Å². The van der Waals surface area contributed by atoms with Crippen molar-refractivity contribution in [1.29, 1.82) is 0 Å². The molecule has 80 valence electrons. The summed E-state index contributed by atoms with van der Waals surface area (Å²) in [6, 6.07) is 4.35. The van der Waals surface area contributed by atoms with Crippen LogP contribution in [0.3, 0.4) is 0 Å². The Morgan fingerprint density at radius 3 is 3.00 bits per heavy atom. The molecule has 0 atom stereocenters. The van der Waals surface area contributed by atoms with Crippen LogP contribution in [0, 0.1) is 12.7 Å². The largest absolute Gasteiger partial charge is 0.338 e. The van der Waals surface area contributed by atoms with Crippen molar-refractivity contribution in [3.63, 3.8) is 0 Å². The number of nitrogens with one attached hydrogen (secondary N) is 1. The molecule has 2 rings (SSSR count). The van der Waals surface area contributed by atoms with Gasteiger partial charge in [0.1, 0.15) is 5.82 Å². The fraction of sp³-hybridized carbons (Fsp3) is 0.364. The van der Waals surface area contributed by atoms with Crippen LogP contribution in [0.5, 0.6) is 0 Å². The molecule has 1 heterocycles. The summed E-state index contributed by atoms with van der Waals surface area (Å²) in [7, 11) is 0. The number of nitrogens with zero attached hydrogens (tertiary/aromatic N) is 1. The normalized spacial score (nSPS) is 16.4. The van der Waals surface area contributed by atoms with Crippen LogP contribution in [0.1, 0.15) is 12.0 Å². The van der Waals surface area contributed by atoms with Crippen LogP contribution in [0.4, 0.5) is 14.9 Å². The average molecular weight is 208 g/mol. The second-order valence-corrected chi connectivity index (χ2v) is 3.67. The first-order valence-electron chi connectivity index (χ1n) is 5.00. The van der Waals surface area contributed by atoms with Gasteiger partial charge in [0.05, 0.1) is 5.69 Å². The molecule has 1 aromatic carbocycles. The molecular weight excluding hydrogens is 195 g/mol. The Kier molecular flexibility index (Phi) is 2.58. The fourth-order valence-electron chi connectivity index (χ4n) is 1.73. The zero-order valence-electron chi connectivity index (χ0n) is 8.59. The molecule has 0 bridgehead atoms. The summed E-state index contributed by atoms with van der Waals surface area (Å²) < 4.78 is 13.1. The summed E-state index contributed by atoms with van der Waals surface area (Å²) >= 11 is 0. The second kappa shape index (κ2) is 3.88. The highest BCUT2D eigenvalue weighted by Gasteiger charge is 2.20. The predicted octanol–water partition coefficient (Wildman–Crippen LogP) is 2.05. The molecule has 2 amide bonds. The van der Waals surface area contributed by atoms with E-state index in [9.17, 15) is 9.18 Å². The molecule has 0 aromatic heterocycles. The lowest BCUT2D eigenvalue weighted by Gasteiger charge is -2.28. The van der Waals surface area contributed by atoms with Gasteiger partial charge in [0, 0.05) is 13.1 Å². The van der Waals surface area contributed by atoms with Crippen molar-refractivity contribution in [3.8, 4) is 0 Å². The van der Waals surface area contributed by atoms with Gasteiger partial charge in [-0.1, -0.05) is 6.07 Å². The third-order valence-electron chi connectivity index (χ3n) is 2.54. The second-order valence-electron chi connectivity index (χ2n) is 3.67. The summed E-state index contributed by atoms with van der Waals surface area (Å²) in [5.74, 6) is -0.311. The smallest absolute Gasteiger partial charge is 0.321 e. The van der Waals surface area contributed by atoms with Crippen molar-refractivity contribution in [2.24, 2.45) is 0 Å². The first kappa shape index (κ1) is 9.96. The summed E-state index contributed by atoms with van der Waals surface area (Å²) in [6.45, 7) is 3.22. The molecule has 3 nitrogen and oxygen atoms in total. The van der Waals surface area contributed by atoms with Gasteiger partial charge in [-0.2, -0.15) is 0 Å². The minimum atomic E-state index is -0.311. The SMILES string of the molecule is Cc1ccc(F)cc1N1CCCNC1=O. The third kappa shape index (κ3) is 1.93. The van der Waals surface area contributed by atoms with Gasteiger partial charge in [0.25, 0.3) is 0 Å². The van der Waals surface area contributed by atoms with E-state index in [-0.39, 0.29) is 11.8 Å². The number of carbonyl (C=O) groups is 1. The number of benzene rings is 1. The predicted molar refractivity (Wildman–Crippen MR) is 56.5 cm³/mol. The Morgan fingerprint density at radius 1 is 1.47 bits per heavy atom. The zero-order valence-corrected chi connectivity index (χ0v) is 8.59. The topological polar surface area (TPSA) is 32.3 Å². The Hall–Kier alpha value is -1.58.